The van der Waals surface area contributed by atoms with E-state index < -0.39 is 0 Å². The third-order valence-electron chi connectivity index (χ3n) is 0.898. The molecular weight excluding hydrogens is 201 g/mol. The monoisotopic (exact) mass is 205 g/mol. The van der Waals surface area contributed by atoms with Gasteiger partial charge in [0.1, 0.15) is 5.15 Å². The lowest BCUT2D eigenvalue weighted by Gasteiger charge is -1.95. The molecule has 0 radical (unpaired) electrons. The van der Waals surface area contributed by atoms with E-state index >= 15 is 0 Å². The minimum absolute atomic E-state index is 0.00231. The molecule has 0 fully saturated rings. The Morgan fingerprint density at radius 1 is 1.33 bits per heavy atom. The molecular formula is C5H5Cl2N5. The highest BCUT2D eigenvalue weighted by atomic mass is 35.5. The number of aliphatic imine (C=N–C) groups is 1. The van der Waals surface area contributed by atoms with Crippen LogP contribution in [0.25, 0.3) is 0 Å². The van der Waals surface area contributed by atoms with Gasteiger partial charge in [-0.3, -0.25) is 0 Å². The van der Waals surface area contributed by atoms with Gasteiger partial charge in [-0.05, 0) is 11.6 Å². The number of nitrogens with two attached hydrogens (primary N) is 2. The van der Waals surface area contributed by atoms with Gasteiger partial charge in [-0.25, -0.2) is 4.98 Å². The summed E-state index contributed by atoms with van der Waals surface area (Å²) in [6, 6.07) is 1.40. The van der Waals surface area contributed by atoms with Crippen LogP contribution >= 0.6 is 23.2 Å². The Hall–Kier alpha value is -1.07. The van der Waals surface area contributed by atoms with E-state index in [1.807, 2.05) is 0 Å². The van der Waals surface area contributed by atoms with Gasteiger partial charge < -0.3 is 11.5 Å². The van der Waals surface area contributed by atoms with E-state index in [1.54, 1.807) is 0 Å². The van der Waals surface area contributed by atoms with Crippen molar-refractivity contribution in [3.63, 3.8) is 0 Å². The highest BCUT2D eigenvalue weighted by molar-refractivity contribution is 6.32. The van der Waals surface area contributed by atoms with Crippen molar-refractivity contribution in [1.29, 1.82) is 0 Å². The first-order chi connectivity index (χ1) is 5.58. The highest BCUT2D eigenvalue weighted by Crippen LogP contribution is 2.16. The summed E-state index contributed by atoms with van der Waals surface area (Å²) < 4.78 is 0. The van der Waals surface area contributed by atoms with Crippen molar-refractivity contribution in [3.8, 4) is 0 Å². The molecule has 0 amide bonds. The molecule has 1 aromatic heterocycles. The van der Waals surface area contributed by atoms with Crippen molar-refractivity contribution in [3.05, 3.63) is 16.5 Å². The fourth-order valence-electron chi connectivity index (χ4n) is 0.568. The van der Waals surface area contributed by atoms with Crippen LogP contribution in [-0.4, -0.2) is 15.9 Å². The van der Waals surface area contributed by atoms with Gasteiger partial charge in [0.15, 0.2) is 11.8 Å². The molecule has 4 N–H and O–H groups in total. The minimum atomic E-state index is -0.110. The maximum atomic E-state index is 5.55. The average molecular weight is 206 g/mol. The van der Waals surface area contributed by atoms with Gasteiger partial charge in [-0.2, -0.15) is 9.98 Å². The largest absolute Gasteiger partial charge is 0.370 e. The lowest BCUT2D eigenvalue weighted by Crippen LogP contribution is -2.22. The lowest BCUT2D eigenvalue weighted by molar-refractivity contribution is 1.15. The SMILES string of the molecule is NC(N)=Nc1cc(Cl)nc(Cl)n1. The van der Waals surface area contributed by atoms with Crippen molar-refractivity contribution in [2.45, 2.75) is 0 Å². The second kappa shape index (κ2) is 3.55. The van der Waals surface area contributed by atoms with Crippen LogP contribution in [0, 0.1) is 0 Å². The Labute approximate surface area is 78.4 Å². The number of guanidine groups is 1. The molecule has 1 aromatic rings. The molecule has 0 unspecified atom stereocenters. The van der Waals surface area contributed by atoms with Gasteiger partial charge in [0.25, 0.3) is 0 Å². The van der Waals surface area contributed by atoms with Crippen molar-refractivity contribution in [1.82, 2.24) is 9.97 Å². The highest BCUT2D eigenvalue weighted by Gasteiger charge is 1.99. The number of rotatable bonds is 1. The Balaban J connectivity index is 3.09. The van der Waals surface area contributed by atoms with Crippen LogP contribution in [0.5, 0.6) is 0 Å². The van der Waals surface area contributed by atoms with E-state index in [0.29, 0.717) is 0 Å². The molecule has 12 heavy (non-hydrogen) atoms. The van der Waals surface area contributed by atoms with Crippen LogP contribution < -0.4 is 11.5 Å². The standard InChI is InChI=1S/C5H5Cl2N5/c6-2-1-3(12-5(8)9)11-4(7)10-2/h1H,(H4,8,9,10,11,12). The fourth-order valence-corrected chi connectivity index (χ4v) is 0.967. The normalized spacial score (nSPS) is 9.50. The minimum Gasteiger partial charge on any atom is -0.370 e. The van der Waals surface area contributed by atoms with Crippen molar-refractivity contribution < 1.29 is 0 Å². The Morgan fingerprint density at radius 2 is 2.00 bits per heavy atom. The van der Waals surface area contributed by atoms with Gasteiger partial charge in [0.05, 0.1) is 0 Å². The van der Waals surface area contributed by atoms with Gasteiger partial charge >= 0.3 is 0 Å². The molecule has 1 rings (SSSR count). The Bertz CT molecular complexity index is 299. The Morgan fingerprint density at radius 3 is 2.50 bits per heavy atom. The summed E-state index contributed by atoms with van der Waals surface area (Å²) in [5, 5.41) is 0.192. The van der Waals surface area contributed by atoms with E-state index in [4.69, 9.17) is 34.7 Å². The quantitative estimate of drug-likeness (QED) is 0.306. The lowest BCUT2D eigenvalue weighted by atomic mass is 10.6. The summed E-state index contributed by atoms with van der Waals surface area (Å²) in [6.45, 7) is 0. The van der Waals surface area contributed by atoms with E-state index in [2.05, 4.69) is 15.0 Å². The molecule has 0 atom stereocenters. The number of halogens is 2. The summed E-state index contributed by atoms with van der Waals surface area (Å²) in [5.74, 6) is 0.126. The summed E-state index contributed by atoms with van der Waals surface area (Å²) in [7, 11) is 0. The van der Waals surface area contributed by atoms with E-state index in [9.17, 15) is 0 Å². The molecule has 0 saturated carbocycles. The summed E-state index contributed by atoms with van der Waals surface area (Å²) in [5.41, 5.74) is 10.2. The molecule has 0 saturated heterocycles. The van der Waals surface area contributed by atoms with Crippen molar-refractivity contribution in [2.75, 3.05) is 0 Å². The van der Waals surface area contributed by atoms with Crippen LogP contribution in [0.15, 0.2) is 11.1 Å². The zero-order chi connectivity index (χ0) is 9.14. The van der Waals surface area contributed by atoms with Crippen molar-refractivity contribution >= 4 is 35.0 Å². The molecule has 0 aromatic carbocycles. The van der Waals surface area contributed by atoms with Crippen LogP contribution in [0.3, 0.4) is 0 Å². The number of hydrogen-bond acceptors (Lipinski definition) is 3. The number of nitrogens with zero attached hydrogens (tertiary/aromatic N) is 3. The number of hydrogen-bond donors (Lipinski definition) is 2. The van der Waals surface area contributed by atoms with Crippen LogP contribution in [0.4, 0.5) is 5.82 Å². The Kier molecular flexibility index (Phi) is 2.67. The third-order valence-corrected chi connectivity index (χ3v) is 1.26. The zero-order valence-electron chi connectivity index (χ0n) is 5.83. The number of aromatic nitrogens is 2. The van der Waals surface area contributed by atoms with E-state index in [1.165, 1.54) is 6.07 Å². The van der Waals surface area contributed by atoms with Gasteiger partial charge in [0.2, 0.25) is 5.28 Å². The zero-order valence-corrected chi connectivity index (χ0v) is 7.34. The summed E-state index contributed by atoms with van der Waals surface area (Å²) >= 11 is 11.0. The molecule has 5 nitrogen and oxygen atoms in total. The predicted octanol–water partition coefficient (Wildman–Crippen LogP) is 0.688. The predicted molar refractivity (Wildman–Crippen MR) is 47.5 cm³/mol. The molecule has 0 spiro atoms. The van der Waals surface area contributed by atoms with Gasteiger partial charge in [-0.1, -0.05) is 11.6 Å². The molecule has 0 aliphatic heterocycles. The second-order valence-corrected chi connectivity index (χ2v) is 2.58. The van der Waals surface area contributed by atoms with Crippen molar-refractivity contribution in [2.24, 2.45) is 16.5 Å². The maximum Gasteiger partial charge on any atom is 0.225 e. The fraction of sp³-hybridized carbons (Fsp3) is 0. The summed E-state index contributed by atoms with van der Waals surface area (Å²) in [6.07, 6.45) is 0. The molecule has 64 valence electrons. The van der Waals surface area contributed by atoms with Gasteiger partial charge in [-0.15, -0.1) is 0 Å². The maximum absolute atomic E-state index is 5.55. The molecule has 1 heterocycles. The summed E-state index contributed by atoms with van der Waals surface area (Å²) in [4.78, 5) is 10.9. The molecule has 0 bridgehead atoms. The molecule has 0 aliphatic carbocycles. The van der Waals surface area contributed by atoms with Crippen LogP contribution in [-0.2, 0) is 0 Å². The topological polar surface area (TPSA) is 90.2 Å². The molecule has 0 aliphatic rings. The first kappa shape index (κ1) is 9.02. The van der Waals surface area contributed by atoms with Crippen LogP contribution in [0.1, 0.15) is 0 Å². The van der Waals surface area contributed by atoms with E-state index in [-0.39, 0.29) is 22.2 Å². The average Bonchev–Trinajstić information content (AvgIpc) is 1.81. The second-order valence-electron chi connectivity index (χ2n) is 1.85. The molecule has 7 heteroatoms. The van der Waals surface area contributed by atoms with Gasteiger partial charge in [0, 0.05) is 6.07 Å². The van der Waals surface area contributed by atoms with E-state index in [0.717, 1.165) is 0 Å². The first-order valence-corrected chi connectivity index (χ1v) is 3.63. The third kappa shape index (κ3) is 2.52. The first-order valence-electron chi connectivity index (χ1n) is 2.87. The van der Waals surface area contributed by atoms with Crippen LogP contribution in [0.2, 0.25) is 10.4 Å². The smallest absolute Gasteiger partial charge is 0.225 e.